The van der Waals surface area contributed by atoms with Crippen molar-refractivity contribution in [1.29, 1.82) is 0 Å². The number of piperidine rings is 1. The van der Waals surface area contributed by atoms with Crippen LogP contribution in [0, 0.1) is 11.7 Å². The predicted molar refractivity (Wildman–Crippen MR) is 144 cm³/mol. The summed E-state index contributed by atoms with van der Waals surface area (Å²) in [5, 5.41) is 15.3. The number of aromatic amines is 1. The van der Waals surface area contributed by atoms with Crippen molar-refractivity contribution >= 4 is 22.9 Å². The maximum absolute atomic E-state index is 15.3. The van der Waals surface area contributed by atoms with Crippen molar-refractivity contribution in [2.75, 3.05) is 6.61 Å². The number of imidazole rings is 1. The molecule has 3 aromatic rings. The number of fused-ring (bicyclic) bond motifs is 1. The Kier molecular flexibility index (Phi) is 6.98. The van der Waals surface area contributed by atoms with Crippen LogP contribution in [0.5, 0.6) is 0 Å². The smallest absolute Gasteiger partial charge is 0.311 e. The van der Waals surface area contributed by atoms with Crippen LogP contribution in [0.3, 0.4) is 0 Å². The Morgan fingerprint density at radius 2 is 1.97 bits per heavy atom. The lowest BCUT2D eigenvalue weighted by Gasteiger charge is -2.35. The van der Waals surface area contributed by atoms with Gasteiger partial charge in [0, 0.05) is 17.6 Å². The Morgan fingerprint density at radius 3 is 2.64 bits per heavy atom. The molecule has 1 amide bonds. The quantitative estimate of drug-likeness (QED) is 0.341. The van der Waals surface area contributed by atoms with Crippen molar-refractivity contribution in [1.82, 2.24) is 20.3 Å². The summed E-state index contributed by atoms with van der Waals surface area (Å²) in [6.07, 6.45) is 3.10. The van der Waals surface area contributed by atoms with Gasteiger partial charge in [-0.15, -0.1) is 0 Å². The lowest BCUT2D eigenvalue weighted by molar-refractivity contribution is -0.200. The molecule has 0 spiro atoms. The molecular formula is C29H36FN5O4. The van der Waals surface area contributed by atoms with Gasteiger partial charge in [-0.3, -0.25) is 9.59 Å². The number of ether oxygens (including phenoxy) is 1. The summed E-state index contributed by atoms with van der Waals surface area (Å²) in [6.45, 7) is 7.74. The molecule has 1 aromatic heterocycles. The van der Waals surface area contributed by atoms with Crippen LogP contribution < -0.4 is 11.1 Å². The summed E-state index contributed by atoms with van der Waals surface area (Å²) in [5.74, 6) is -1.44. The second-order valence-electron chi connectivity index (χ2n) is 11.9. The molecule has 2 saturated heterocycles. The highest BCUT2D eigenvalue weighted by Gasteiger charge is 2.55. The monoisotopic (exact) mass is 537 g/mol. The molecule has 10 heteroatoms. The largest absolute Gasteiger partial charge is 0.464 e. The molecule has 3 heterocycles. The minimum Gasteiger partial charge on any atom is -0.464 e. The number of rotatable bonds is 6. The van der Waals surface area contributed by atoms with E-state index in [1.54, 1.807) is 24.3 Å². The summed E-state index contributed by atoms with van der Waals surface area (Å²) in [4.78, 5) is 32.2. The fourth-order valence-electron chi connectivity index (χ4n) is 6.13. The van der Waals surface area contributed by atoms with E-state index in [1.165, 1.54) is 11.1 Å². The molecule has 2 aliphatic rings. The predicted octanol–water partition coefficient (Wildman–Crippen LogP) is 4.46. The van der Waals surface area contributed by atoms with Crippen LogP contribution in [0.15, 0.2) is 36.4 Å². The number of H-pyrrole nitrogens is 1. The number of benzene rings is 2. The average molecular weight is 538 g/mol. The highest BCUT2D eigenvalue weighted by atomic mass is 19.1. The van der Waals surface area contributed by atoms with Crippen molar-refractivity contribution in [2.45, 2.75) is 76.5 Å². The molecule has 0 bridgehead atoms. The Balaban J connectivity index is 1.26. The topological polar surface area (TPSA) is 134 Å². The molecular weight excluding hydrogens is 501 g/mol. The van der Waals surface area contributed by atoms with E-state index in [9.17, 15) is 14.8 Å². The van der Waals surface area contributed by atoms with Crippen molar-refractivity contribution < 1.29 is 23.9 Å². The molecule has 9 nitrogen and oxygen atoms in total. The molecule has 3 atom stereocenters. The second kappa shape index (κ2) is 10.0. The minimum absolute atomic E-state index is 0.0548. The zero-order chi connectivity index (χ0) is 28.1. The van der Waals surface area contributed by atoms with Crippen LogP contribution in [0.4, 0.5) is 4.39 Å². The molecule has 0 saturated carbocycles. The van der Waals surface area contributed by atoms with E-state index in [0.717, 1.165) is 24.8 Å². The summed E-state index contributed by atoms with van der Waals surface area (Å²) < 4.78 is 21.0. The van der Waals surface area contributed by atoms with E-state index in [1.807, 2.05) is 33.8 Å². The fraction of sp³-hybridized carbons (Fsp3) is 0.483. The SMILES string of the molecule is CC1(C)CC(C(=O)OCC2CCCC(c3ccc(-c4nc5c(C(N)=O)cccc5[nH]4)c(F)c3)N2)C(C)(C)N1O. The number of esters is 1. The van der Waals surface area contributed by atoms with Crippen molar-refractivity contribution in [2.24, 2.45) is 11.7 Å². The summed E-state index contributed by atoms with van der Waals surface area (Å²) in [7, 11) is 0. The first-order chi connectivity index (χ1) is 18.4. The Bertz CT molecular complexity index is 1420. The number of amides is 1. The first-order valence-electron chi connectivity index (χ1n) is 13.4. The number of hydroxylamine groups is 2. The molecule has 0 aliphatic carbocycles. The third kappa shape index (κ3) is 5.04. The number of nitrogens with two attached hydrogens (primary N) is 1. The van der Waals surface area contributed by atoms with Gasteiger partial charge < -0.3 is 26.0 Å². The molecule has 3 unspecified atom stereocenters. The van der Waals surface area contributed by atoms with E-state index < -0.39 is 28.7 Å². The maximum Gasteiger partial charge on any atom is 0.311 e. The Morgan fingerprint density at radius 1 is 1.21 bits per heavy atom. The average Bonchev–Trinajstić information content (AvgIpc) is 3.40. The van der Waals surface area contributed by atoms with Gasteiger partial charge in [0.25, 0.3) is 5.91 Å². The number of aromatic nitrogens is 2. The van der Waals surface area contributed by atoms with E-state index in [-0.39, 0.29) is 30.2 Å². The van der Waals surface area contributed by atoms with Crippen molar-refractivity contribution in [3.63, 3.8) is 0 Å². The number of primary amides is 1. The number of hydrogen-bond donors (Lipinski definition) is 4. The number of halogens is 1. The van der Waals surface area contributed by atoms with Gasteiger partial charge >= 0.3 is 5.97 Å². The standard InChI is InChI=1S/C29H36FN5O4/c1-28(2)14-20(29(3,4)35(28)38)27(37)39-15-17-7-5-9-22(32-17)16-11-12-18(21(30)13-16)26-33-23-10-6-8-19(25(31)36)24(23)34-26/h6,8,10-13,17,20,22,32,38H,5,7,9,14-15H2,1-4H3,(H2,31,36)(H,33,34). The first-order valence-corrected chi connectivity index (χ1v) is 13.4. The van der Waals surface area contributed by atoms with Crippen LogP contribution >= 0.6 is 0 Å². The second-order valence-corrected chi connectivity index (χ2v) is 11.9. The number of nitrogens with one attached hydrogen (secondary N) is 2. The lowest BCUT2D eigenvalue weighted by Crippen LogP contribution is -2.49. The third-order valence-corrected chi connectivity index (χ3v) is 8.30. The highest BCUT2D eigenvalue weighted by molar-refractivity contribution is 6.04. The Hall–Kier alpha value is -3.34. The van der Waals surface area contributed by atoms with Gasteiger partial charge in [-0.25, -0.2) is 9.37 Å². The van der Waals surface area contributed by atoms with Crippen LogP contribution in [-0.4, -0.2) is 55.8 Å². The number of hydrogen-bond acceptors (Lipinski definition) is 7. The summed E-state index contributed by atoms with van der Waals surface area (Å²) in [6, 6.07) is 9.96. The van der Waals surface area contributed by atoms with Crippen LogP contribution in [0.2, 0.25) is 0 Å². The van der Waals surface area contributed by atoms with E-state index in [2.05, 4.69) is 15.3 Å². The van der Waals surface area contributed by atoms with Crippen LogP contribution in [0.1, 0.15) is 75.3 Å². The minimum atomic E-state index is -0.719. The molecule has 2 aromatic carbocycles. The molecule has 39 heavy (non-hydrogen) atoms. The normalized spacial score (nSPS) is 24.6. The van der Waals surface area contributed by atoms with Crippen LogP contribution in [-0.2, 0) is 9.53 Å². The van der Waals surface area contributed by atoms with Gasteiger partial charge in [0.2, 0.25) is 0 Å². The summed E-state index contributed by atoms with van der Waals surface area (Å²) in [5.41, 5.74) is 6.62. The van der Waals surface area contributed by atoms with E-state index in [4.69, 9.17) is 10.5 Å². The first kappa shape index (κ1) is 27.2. The third-order valence-electron chi connectivity index (χ3n) is 8.30. The fourth-order valence-corrected chi connectivity index (χ4v) is 6.13. The van der Waals surface area contributed by atoms with Gasteiger partial charge in [-0.1, -0.05) is 12.1 Å². The molecule has 5 N–H and O–H groups in total. The molecule has 208 valence electrons. The number of carbonyl (C=O) groups excluding carboxylic acids is 2. The van der Waals surface area contributed by atoms with E-state index in [0.29, 0.717) is 28.8 Å². The Labute approximate surface area is 226 Å². The van der Waals surface area contributed by atoms with Crippen LogP contribution in [0.25, 0.3) is 22.4 Å². The molecule has 5 rings (SSSR count). The number of para-hydroxylation sites is 1. The maximum atomic E-state index is 15.3. The highest BCUT2D eigenvalue weighted by Crippen LogP contribution is 2.44. The zero-order valence-corrected chi connectivity index (χ0v) is 22.8. The summed E-state index contributed by atoms with van der Waals surface area (Å²) >= 11 is 0. The number of nitrogens with zero attached hydrogens (tertiary/aromatic N) is 2. The molecule has 2 aliphatic heterocycles. The van der Waals surface area contributed by atoms with Gasteiger partial charge in [0.15, 0.2) is 0 Å². The van der Waals surface area contributed by atoms with Crippen molar-refractivity contribution in [3.05, 3.63) is 53.3 Å². The lowest BCUT2D eigenvalue weighted by atomic mass is 9.87. The number of carbonyl (C=O) groups is 2. The molecule has 0 radical (unpaired) electrons. The van der Waals surface area contributed by atoms with Gasteiger partial charge in [-0.2, -0.15) is 5.06 Å². The van der Waals surface area contributed by atoms with E-state index >= 15 is 4.39 Å². The molecule has 2 fully saturated rings. The zero-order valence-electron chi connectivity index (χ0n) is 22.8. The van der Waals surface area contributed by atoms with Gasteiger partial charge in [0.1, 0.15) is 23.8 Å². The van der Waals surface area contributed by atoms with Gasteiger partial charge in [0.05, 0.1) is 28.1 Å². The van der Waals surface area contributed by atoms with Crippen molar-refractivity contribution in [3.8, 4) is 11.4 Å². The van der Waals surface area contributed by atoms with Gasteiger partial charge in [-0.05, 0) is 83.2 Å².